The minimum Gasteiger partial charge on any atom is -0.369 e. The van der Waals surface area contributed by atoms with Gasteiger partial charge in [-0.3, -0.25) is 9.78 Å². The highest BCUT2D eigenvalue weighted by molar-refractivity contribution is 5.17. The van der Waals surface area contributed by atoms with E-state index in [4.69, 9.17) is 11.5 Å². The van der Waals surface area contributed by atoms with Crippen LogP contribution in [0.2, 0.25) is 0 Å². The third-order valence-corrected chi connectivity index (χ3v) is 1.54. The fourth-order valence-electron chi connectivity index (χ4n) is 0.906. The van der Waals surface area contributed by atoms with E-state index in [1.807, 2.05) is 0 Å². The molecule has 5 nitrogen and oxygen atoms in total. The first-order valence-electron chi connectivity index (χ1n) is 3.78. The Bertz CT molecular complexity index is 307. The lowest BCUT2D eigenvalue weighted by Crippen LogP contribution is -2.16. The van der Waals surface area contributed by atoms with Gasteiger partial charge in [0.15, 0.2) is 5.95 Å². The molecular weight excluding hydrogens is 156 g/mol. The van der Waals surface area contributed by atoms with E-state index in [9.17, 15) is 4.79 Å². The Hall–Kier alpha value is -1.36. The highest BCUT2D eigenvalue weighted by Gasteiger charge is 1.98. The summed E-state index contributed by atoms with van der Waals surface area (Å²) in [5.74, 6) is 0.150. The highest BCUT2D eigenvalue weighted by atomic mass is 16.1. The molecule has 1 rings (SSSR count). The Morgan fingerprint density at radius 1 is 1.58 bits per heavy atom. The van der Waals surface area contributed by atoms with Crippen LogP contribution in [0.15, 0.2) is 11.0 Å². The van der Waals surface area contributed by atoms with Gasteiger partial charge in [0.25, 0.3) is 5.56 Å². The zero-order chi connectivity index (χ0) is 8.97. The molecule has 0 aliphatic carbocycles. The molecule has 12 heavy (non-hydrogen) atoms. The number of hydrogen-bond donors (Lipinski definition) is 3. The van der Waals surface area contributed by atoms with E-state index in [-0.39, 0.29) is 11.5 Å². The standard InChI is InChI=1S/C7H12N4O/c8-3-1-2-5-4-10-7(9)11-6(5)12/h4H,1-3,8H2,(H3,9,10,11,12). The van der Waals surface area contributed by atoms with Crippen LogP contribution in [0.1, 0.15) is 12.0 Å². The monoisotopic (exact) mass is 168 g/mol. The van der Waals surface area contributed by atoms with Crippen LogP contribution in [-0.2, 0) is 6.42 Å². The Balaban J connectivity index is 2.80. The second kappa shape index (κ2) is 3.87. The minimum absolute atomic E-state index is 0.150. The minimum atomic E-state index is -0.170. The third kappa shape index (κ3) is 2.06. The Labute approximate surface area is 69.8 Å². The van der Waals surface area contributed by atoms with Crippen LogP contribution in [0.25, 0.3) is 0 Å². The van der Waals surface area contributed by atoms with Crippen molar-refractivity contribution < 1.29 is 0 Å². The second-order valence-corrected chi connectivity index (χ2v) is 2.52. The third-order valence-electron chi connectivity index (χ3n) is 1.54. The number of anilines is 1. The van der Waals surface area contributed by atoms with Crippen LogP contribution in [-0.4, -0.2) is 16.5 Å². The van der Waals surface area contributed by atoms with E-state index >= 15 is 0 Å². The van der Waals surface area contributed by atoms with Crippen molar-refractivity contribution in [2.75, 3.05) is 12.3 Å². The van der Waals surface area contributed by atoms with Gasteiger partial charge in [0.2, 0.25) is 0 Å². The average Bonchev–Trinajstić information content (AvgIpc) is 2.03. The van der Waals surface area contributed by atoms with Gasteiger partial charge >= 0.3 is 0 Å². The largest absolute Gasteiger partial charge is 0.369 e. The number of aromatic amines is 1. The zero-order valence-corrected chi connectivity index (χ0v) is 6.71. The summed E-state index contributed by atoms with van der Waals surface area (Å²) in [6.07, 6.45) is 2.93. The SMILES string of the molecule is NCCCc1cnc(N)[nH]c1=O. The number of aromatic nitrogens is 2. The summed E-state index contributed by atoms with van der Waals surface area (Å²) < 4.78 is 0. The van der Waals surface area contributed by atoms with Gasteiger partial charge in [-0.25, -0.2) is 4.98 Å². The number of rotatable bonds is 3. The number of nitrogen functional groups attached to an aromatic ring is 1. The molecule has 0 amide bonds. The molecule has 0 atom stereocenters. The van der Waals surface area contributed by atoms with Gasteiger partial charge in [-0.15, -0.1) is 0 Å². The second-order valence-electron chi connectivity index (χ2n) is 2.52. The molecule has 0 saturated carbocycles. The van der Waals surface area contributed by atoms with Crippen LogP contribution in [0.3, 0.4) is 0 Å². The molecule has 1 aromatic rings. The van der Waals surface area contributed by atoms with Crippen molar-refractivity contribution in [3.05, 3.63) is 22.1 Å². The summed E-state index contributed by atoms with van der Waals surface area (Å²) in [6.45, 7) is 0.573. The highest BCUT2D eigenvalue weighted by Crippen LogP contribution is 1.93. The first-order valence-corrected chi connectivity index (χ1v) is 3.78. The maximum atomic E-state index is 11.1. The molecule has 0 bridgehead atoms. The van der Waals surface area contributed by atoms with Crippen molar-refractivity contribution in [3.63, 3.8) is 0 Å². The quantitative estimate of drug-likeness (QED) is 0.552. The molecule has 5 heteroatoms. The molecule has 1 heterocycles. The predicted octanol–water partition coefficient (Wildman–Crippen LogP) is -0.757. The molecule has 0 radical (unpaired) electrons. The van der Waals surface area contributed by atoms with Crippen molar-refractivity contribution in [2.45, 2.75) is 12.8 Å². The molecule has 66 valence electrons. The van der Waals surface area contributed by atoms with Gasteiger partial charge in [-0.1, -0.05) is 0 Å². The lowest BCUT2D eigenvalue weighted by atomic mass is 10.2. The molecule has 0 unspecified atom stereocenters. The maximum Gasteiger partial charge on any atom is 0.255 e. The Kier molecular flexibility index (Phi) is 2.82. The molecule has 0 spiro atoms. The van der Waals surface area contributed by atoms with E-state index in [2.05, 4.69) is 9.97 Å². The maximum absolute atomic E-state index is 11.1. The molecule has 1 aromatic heterocycles. The molecule has 0 aliphatic heterocycles. The van der Waals surface area contributed by atoms with E-state index < -0.39 is 0 Å². The fourth-order valence-corrected chi connectivity index (χ4v) is 0.906. The normalized spacial score (nSPS) is 10.1. The number of aryl methyl sites for hydroxylation is 1. The molecule has 0 fully saturated rings. The van der Waals surface area contributed by atoms with E-state index in [1.165, 1.54) is 6.20 Å². The van der Waals surface area contributed by atoms with Crippen LogP contribution in [0.5, 0.6) is 0 Å². The van der Waals surface area contributed by atoms with Gasteiger partial charge in [-0.2, -0.15) is 0 Å². The van der Waals surface area contributed by atoms with Gasteiger partial charge in [-0.05, 0) is 19.4 Å². The van der Waals surface area contributed by atoms with Crippen molar-refractivity contribution in [1.82, 2.24) is 9.97 Å². The van der Waals surface area contributed by atoms with Crippen LogP contribution in [0, 0.1) is 0 Å². The molecule has 5 N–H and O–H groups in total. The molecular formula is C7H12N4O. The molecule has 0 aliphatic rings. The zero-order valence-electron chi connectivity index (χ0n) is 6.71. The van der Waals surface area contributed by atoms with E-state index in [1.54, 1.807) is 0 Å². The number of H-pyrrole nitrogens is 1. The fraction of sp³-hybridized carbons (Fsp3) is 0.429. The number of nitrogens with zero attached hydrogens (tertiary/aromatic N) is 1. The molecule has 0 saturated heterocycles. The number of hydrogen-bond acceptors (Lipinski definition) is 4. The van der Waals surface area contributed by atoms with Gasteiger partial charge < -0.3 is 11.5 Å². The van der Waals surface area contributed by atoms with Crippen molar-refractivity contribution >= 4 is 5.95 Å². The van der Waals surface area contributed by atoms with Gasteiger partial charge in [0.05, 0.1) is 0 Å². The van der Waals surface area contributed by atoms with Gasteiger partial charge in [0.1, 0.15) is 0 Å². The summed E-state index contributed by atoms with van der Waals surface area (Å²) in [5, 5.41) is 0. The Morgan fingerprint density at radius 3 is 2.92 bits per heavy atom. The number of nitrogens with two attached hydrogens (primary N) is 2. The van der Waals surface area contributed by atoms with Crippen LogP contribution in [0.4, 0.5) is 5.95 Å². The van der Waals surface area contributed by atoms with E-state index in [0.717, 1.165) is 6.42 Å². The van der Waals surface area contributed by atoms with Crippen LogP contribution >= 0.6 is 0 Å². The summed E-state index contributed by atoms with van der Waals surface area (Å²) in [7, 11) is 0. The Morgan fingerprint density at radius 2 is 2.33 bits per heavy atom. The average molecular weight is 168 g/mol. The summed E-state index contributed by atoms with van der Waals surface area (Å²) in [4.78, 5) is 17.3. The first-order chi connectivity index (χ1) is 5.74. The summed E-state index contributed by atoms with van der Waals surface area (Å²) in [6, 6.07) is 0. The summed E-state index contributed by atoms with van der Waals surface area (Å²) in [5.41, 5.74) is 11.0. The van der Waals surface area contributed by atoms with Crippen molar-refractivity contribution in [3.8, 4) is 0 Å². The van der Waals surface area contributed by atoms with Crippen LogP contribution < -0.4 is 17.0 Å². The van der Waals surface area contributed by atoms with Crippen molar-refractivity contribution in [2.24, 2.45) is 5.73 Å². The van der Waals surface area contributed by atoms with Gasteiger partial charge in [0, 0.05) is 11.8 Å². The topological polar surface area (TPSA) is 97.8 Å². The smallest absolute Gasteiger partial charge is 0.255 e. The van der Waals surface area contributed by atoms with Crippen molar-refractivity contribution in [1.29, 1.82) is 0 Å². The summed E-state index contributed by atoms with van der Waals surface area (Å²) >= 11 is 0. The predicted molar refractivity (Wildman–Crippen MR) is 46.6 cm³/mol. The first kappa shape index (κ1) is 8.73. The van der Waals surface area contributed by atoms with E-state index in [0.29, 0.717) is 18.5 Å². The lowest BCUT2D eigenvalue weighted by Gasteiger charge is -1.97. The molecule has 0 aromatic carbocycles. The lowest BCUT2D eigenvalue weighted by molar-refractivity contribution is 0.816. The number of nitrogens with one attached hydrogen (secondary N) is 1.